The summed E-state index contributed by atoms with van der Waals surface area (Å²) < 4.78 is 5.30. The van der Waals surface area contributed by atoms with Crippen molar-refractivity contribution in [3.8, 4) is 0 Å². The summed E-state index contributed by atoms with van der Waals surface area (Å²) in [6, 6.07) is -0.0899. The number of carboxylic acids is 1. The molecule has 0 radical (unpaired) electrons. The lowest BCUT2D eigenvalue weighted by molar-refractivity contribution is -0.143. The van der Waals surface area contributed by atoms with E-state index in [0.717, 1.165) is 25.9 Å². The first-order valence-corrected chi connectivity index (χ1v) is 6.53. The van der Waals surface area contributed by atoms with Gasteiger partial charge in [-0.25, -0.2) is 4.79 Å². The van der Waals surface area contributed by atoms with Gasteiger partial charge in [0.25, 0.3) is 0 Å². The fraction of sp³-hybridized carbons (Fsp3) is 0.833. The van der Waals surface area contributed by atoms with E-state index in [-0.39, 0.29) is 12.1 Å². The maximum absolute atomic E-state index is 12.0. The molecule has 2 unspecified atom stereocenters. The van der Waals surface area contributed by atoms with Gasteiger partial charge in [-0.15, -0.1) is 0 Å². The van der Waals surface area contributed by atoms with Gasteiger partial charge in [-0.05, 0) is 25.7 Å². The molecule has 0 aromatic rings. The maximum atomic E-state index is 12.0. The first-order valence-electron chi connectivity index (χ1n) is 6.53. The van der Waals surface area contributed by atoms with Crippen LogP contribution in [-0.2, 0) is 9.53 Å². The number of hydrogen-bond donors (Lipinski definition) is 2. The third-order valence-electron chi connectivity index (χ3n) is 3.55. The lowest BCUT2D eigenvalue weighted by Crippen LogP contribution is -2.51. The van der Waals surface area contributed by atoms with Crippen molar-refractivity contribution in [2.24, 2.45) is 5.92 Å². The molecule has 2 fully saturated rings. The second-order valence-electron chi connectivity index (χ2n) is 4.99. The van der Waals surface area contributed by atoms with E-state index in [9.17, 15) is 9.59 Å². The zero-order chi connectivity index (χ0) is 13.0. The highest BCUT2D eigenvalue weighted by molar-refractivity contribution is 5.76. The second kappa shape index (κ2) is 6.04. The van der Waals surface area contributed by atoms with Gasteiger partial charge >= 0.3 is 12.0 Å². The first-order chi connectivity index (χ1) is 8.66. The molecule has 2 saturated heterocycles. The topological polar surface area (TPSA) is 78.9 Å². The van der Waals surface area contributed by atoms with Crippen LogP contribution in [0.1, 0.15) is 25.7 Å². The van der Waals surface area contributed by atoms with E-state index < -0.39 is 11.9 Å². The van der Waals surface area contributed by atoms with Crippen molar-refractivity contribution in [1.82, 2.24) is 10.2 Å². The molecular formula is C12H20N2O4. The average Bonchev–Trinajstić information content (AvgIpc) is 2.40. The lowest BCUT2D eigenvalue weighted by atomic mass is 9.98. The number of amides is 2. The van der Waals surface area contributed by atoms with Crippen LogP contribution in [0.2, 0.25) is 0 Å². The molecule has 2 atom stereocenters. The molecule has 0 bridgehead atoms. The van der Waals surface area contributed by atoms with E-state index in [1.807, 2.05) is 0 Å². The summed E-state index contributed by atoms with van der Waals surface area (Å²) in [6.07, 6.45) is 3.31. The summed E-state index contributed by atoms with van der Waals surface area (Å²) in [7, 11) is 0. The first kappa shape index (κ1) is 13.1. The molecule has 2 aliphatic heterocycles. The molecular weight excluding hydrogens is 236 g/mol. The molecule has 2 N–H and O–H groups in total. The van der Waals surface area contributed by atoms with E-state index in [2.05, 4.69) is 5.32 Å². The number of rotatable bonds is 2. The Labute approximate surface area is 106 Å². The van der Waals surface area contributed by atoms with Crippen LogP contribution in [0.4, 0.5) is 4.79 Å². The van der Waals surface area contributed by atoms with Crippen LogP contribution in [0.3, 0.4) is 0 Å². The standard InChI is InChI=1S/C12H20N2O4/c15-11(16)9-3-1-5-14(7-9)12(17)13-10-4-2-6-18-8-10/h9-10H,1-8H2,(H,13,17)(H,15,16). The van der Waals surface area contributed by atoms with Crippen LogP contribution >= 0.6 is 0 Å². The van der Waals surface area contributed by atoms with Crippen molar-refractivity contribution in [3.63, 3.8) is 0 Å². The molecule has 2 aliphatic rings. The van der Waals surface area contributed by atoms with Gasteiger partial charge in [0.05, 0.1) is 18.6 Å². The number of carbonyl (C=O) groups is 2. The SMILES string of the molecule is O=C(O)C1CCCN(C(=O)NC2CCCOC2)C1. The summed E-state index contributed by atoms with van der Waals surface area (Å²) in [5.74, 6) is -1.24. The number of hydrogen-bond acceptors (Lipinski definition) is 3. The summed E-state index contributed by atoms with van der Waals surface area (Å²) in [6.45, 7) is 2.27. The molecule has 2 amide bonds. The zero-order valence-electron chi connectivity index (χ0n) is 10.4. The number of ether oxygens (including phenoxy) is 1. The van der Waals surface area contributed by atoms with Gasteiger partial charge in [0.15, 0.2) is 0 Å². The molecule has 6 nitrogen and oxygen atoms in total. The molecule has 18 heavy (non-hydrogen) atoms. The van der Waals surface area contributed by atoms with Crippen LogP contribution < -0.4 is 5.32 Å². The highest BCUT2D eigenvalue weighted by Gasteiger charge is 2.29. The van der Waals surface area contributed by atoms with Gasteiger partial charge in [0.2, 0.25) is 0 Å². The number of nitrogens with one attached hydrogen (secondary N) is 1. The fourth-order valence-corrected chi connectivity index (χ4v) is 2.48. The quantitative estimate of drug-likeness (QED) is 0.761. The highest BCUT2D eigenvalue weighted by atomic mass is 16.5. The number of aliphatic carboxylic acids is 1. The number of nitrogens with zero attached hydrogens (tertiary/aromatic N) is 1. The minimum absolute atomic E-state index is 0.0662. The zero-order valence-corrected chi connectivity index (χ0v) is 10.4. The number of piperidine rings is 1. The van der Waals surface area contributed by atoms with E-state index >= 15 is 0 Å². The average molecular weight is 256 g/mol. The largest absolute Gasteiger partial charge is 0.481 e. The van der Waals surface area contributed by atoms with Crippen molar-refractivity contribution in [2.75, 3.05) is 26.3 Å². The van der Waals surface area contributed by atoms with Crippen LogP contribution in [-0.4, -0.2) is 54.4 Å². The van der Waals surface area contributed by atoms with Crippen molar-refractivity contribution in [1.29, 1.82) is 0 Å². The van der Waals surface area contributed by atoms with Gasteiger partial charge in [-0.2, -0.15) is 0 Å². The van der Waals surface area contributed by atoms with Crippen LogP contribution in [0, 0.1) is 5.92 Å². The Bertz CT molecular complexity index is 315. The van der Waals surface area contributed by atoms with Crippen LogP contribution in [0.5, 0.6) is 0 Å². The third-order valence-corrected chi connectivity index (χ3v) is 3.55. The van der Waals surface area contributed by atoms with E-state index in [1.165, 1.54) is 0 Å². The molecule has 6 heteroatoms. The second-order valence-corrected chi connectivity index (χ2v) is 4.99. The smallest absolute Gasteiger partial charge is 0.317 e. The van der Waals surface area contributed by atoms with Gasteiger partial charge in [0, 0.05) is 19.7 Å². The summed E-state index contributed by atoms with van der Waals surface area (Å²) >= 11 is 0. The van der Waals surface area contributed by atoms with Crippen molar-refractivity contribution in [2.45, 2.75) is 31.7 Å². The van der Waals surface area contributed by atoms with Crippen molar-refractivity contribution < 1.29 is 19.4 Å². The Hall–Kier alpha value is -1.30. The highest BCUT2D eigenvalue weighted by Crippen LogP contribution is 2.17. The van der Waals surface area contributed by atoms with Crippen LogP contribution in [0.15, 0.2) is 0 Å². The Kier molecular flexibility index (Phi) is 4.41. The number of likely N-dealkylation sites (tertiary alicyclic amines) is 1. The van der Waals surface area contributed by atoms with Crippen molar-refractivity contribution in [3.05, 3.63) is 0 Å². The molecule has 2 heterocycles. The number of carboxylic acid groups (broad SMARTS) is 1. The van der Waals surface area contributed by atoms with E-state index in [0.29, 0.717) is 26.1 Å². The molecule has 0 saturated carbocycles. The van der Waals surface area contributed by atoms with Crippen molar-refractivity contribution >= 4 is 12.0 Å². The van der Waals surface area contributed by atoms with Crippen LogP contribution in [0.25, 0.3) is 0 Å². The molecule has 0 aromatic carbocycles. The predicted octanol–water partition coefficient (Wildman–Crippen LogP) is 0.672. The summed E-state index contributed by atoms with van der Waals surface area (Å²) in [5.41, 5.74) is 0. The minimum Gasteiger partial charge on any atom is -0.481 e. The monoisotopic (exact) mass is 256 g/mol. The number of urea groups is 1. The molecule has 2 rings (SSSR count). The van der Waals surface area contributed by atoms with E-state index in [4.69, 9.17) is 9.84 Å². The predicted molar refractivity (Wildman–Crippen MR) is 64.3 cm³/mol. The Morgan fingerprint density at radius 3 is 2.78 bits per heavy atom. The molecule has 0 spiro atoms. The summed E-state index contributed by atoms with van der Waals surface area (Å²) in [5, 5.41) is 11.9. The van der Waals surface area contributed by atoms with Gasteiger partial charge in [0.1, 0.15) is 0 Å². The molecule has 102 valence electrons. The Balaban J connectivity index is 1.82. The minimum atomic E-state index is -0.812. The van der Waals surface area contributed by atoms with Gasteiger partial charge in [-0.3, -0.25) is 4.79 Å². The van der Waals surface area contributed by atoms with Gasteiger partial charge < -0.3 is 20.1 Å². The van der Waals surface area contributed by atoms with Gasteiger partial charge in [-0.1, -0.05) is 0 Å². The lowest BCUT2D eigenvalue weighted by Gasteiger charge is -2.33. The fourth-order valence-electron chi connectivity index (χ4n) is 2.48. The summed E-state index contributed by atoms with van der Waals surface area (Å²) in [4.78, 5) is 24.5. The normalized spacial score (nSPS) is 28.8. The molecule has 0 aromatic heterocycles. The third kappa shape index (κ3) is 3.35. The Morgan fingerprint density at radius 2 is 2.11 bits per heavy atom. The molecule has 0 aliphatic carbocycles. The number of carbonyl (C=O) groups excluding carboxylic acids is 1. The Morgan fingerprint density at radius 1 is 1.28 bits per heavy atom. The van der Waals surface area contributed by atoms with E-state index in [1.54, 1.807) is 4.90 Å². The maximum Gasteiger partial charge on any atom is 0.317 e.